The first-order chi connectivity index (χ1) is 35.7. The fourth-order valence-corrected chi connectivity index (χ4v) is 12.3. The molecule has 1 heterocycles. The summed E-state index contributed by atoms with van der Waals surface area (Å²) in [6.45, 7) is -1.64. The number of amides is 6. The molecule has 0 bridgehead atoms. The van der Waals surface area contributed by atoms with Crippen molar-refractivity contribution in [1.82, 2.24) is 30.7 Å². The maximum atomic E-state index is 14.9. The molecule has 0 radical (unpaired) electrons. The van der Waals surface area contributed by atoms with E-state index in [0.717, 1.165) is 43.2 Å². The highest BCUT2D eigenvalue weighted by atomic mass is 32.2. The summed E-state index contributed by atoms with van der Waals surface area (Å²) in [6, 6.07) is 54.9. The van der Waals surface area contributed by atoms with Gasteiger partial charge in [0.25, 0.3) is 0 Å². The van der Waals surface area contributed by atoms with Crippen molar-refractivity contribution in [3.05, 3.63) is 215 Å². The topological polar surface area (TPSA) is 186 Å². The molecule has 6 aromatic rings. The molecule has 6 aromatic carbocycles. The van der Waals surface area contributed by atoms with Gasteiger partial charge in [0.2, 0.25) is 35.4 Å². The summed E-state index contributed by atoms with van der Waals surface area (Å²) >= 11 is 2.83. The first-order valence-electron chi connectivity index (χ1n) is 24.2. The van der Waals surface area contributed by atoms with Crippen molar-refractivity contribution in [1.29, 1.82) is 0 Å². The number of carboxylic acid groups (broad SMARTS) is 1. The fourth-order valence-electron chi connectivity index (χ4n) is 9.23. The van der Waals surface area contributed by atoms with Gasteiger partial charge < -0.3 is 35.8 Å². The maximum absolute atomic E-state index is 14.9. The molecule has 7 rings (SSSR count). The van der Waals surface area contributed by atoms with Crippen LogP contribution < -0.4 is 16.0 Å². The summed E-state index contributed by atoms with van der Waals surface area (Å²) in [6.07, 6.45) is -0.808. The quantitative estimate of drug-likeness (QED) is 0.0871. The molecular formula is C58H60N6O8S2. The summed E-state index contributed by atoms with van der Waals surface area (Å²) in [5.41, 5.74) is 5.43. The van der Waals surface area contributed by atoms with Crippen LogP contribution in [-0.2, 0) is 43.1 Å². The van der Waals surface area contributed by atoms with E-state index < -0.39 is 95.1 Å². The highest BCUT2D eigenvalue weighted by Gasteiger charge is 2.42. The van der Waals surface area contributed by atoms with Gasteiger partial charge in [-0.3, -0.25) is 33.6 Å². The molecule has 0 saturated carbocycles. The van der Waals surface area contributed by atoms with Gasteiger partial charge in [-0.2, -0.15) is 0 Å². The second-order valence-corrected chi connectivity index (χ2v) is 20.5. The number of hydrogen-bond acceptors (Lipinski definition) is 9. The van der Waals surface area contributed by atoms with Crippen LogP contribution in [0.1, 0.15) is 46.2 Å². The Morgan fingerprint density at radius 1 is 0.432 bits per heavy atom. The van der Waals surface area contributed by atoms with E-state index in [4.69, 9.17) is 0 Å². The number of thioether (sulfide) groups is 2. The van der Waals surface area contributed by atoms with Crippen molar-refractivity contribution in [3.8, 4) is 0 Å². The smallest absolute Gasteiger partial charge is 0.303 e. The molecule has 4 N–H and O–H groups in total. The molecule has 14 nitrogen and oxygen atoms in total. The van der Waals surface area contributed by atoms with E-state index in [1.165, 1.54) is 49.6 Å². The summed E-state index contributed by atoms with van der Waals surface area (Å²) in [4.78, 5) is 101. The second kappa shape index (κ2) is 25.3. The van der Waals surface area contributed by atoms with Gasteiger partial charge in [0.15, 0.2) is 0 Å². The number of nitrogens with one attached hydrogen (secondary N) is 3. The number of nitrogens with zero attached hydrogens (tertiary/aromatic N) is 3. The minimum absolute atomic E-state index is 0.0206. The van der Waals surface area contributed by atoms with Gasteiger partial charge in [-0.25, -0.2) is 0 Å². The van der Waals surface area contributed by atoms with Crippen molar-refractivity contribution in [2.75, 3.05) is 52.3 Å². The summed E-state index contributed by atoms with van der Waals surface area (Å²) in [5, 5.41) is 18.0. The van der Waals surface area contributed by atoms with E-state index in [-0.39, 0.29) is 17.9 Å². The van der Waals surface area contributed by atoms with E-state index >= 15 is 0 Å². The van der Waals surface area contributed by atoms with Crippen molar-refractivity contribution in [2.24, 2.45) is 0 Å². The highest BCUT2D eigenvalue weighted by Crippen LogP contribution is 2.50. The van der Waals surface area contributed by atoms with Crippen LogP contribution in [-0.4, -0.2) is 132 Å². The Balaban J connectivity index is 1.27. The lowest BCUT2D eigenvalue weighted by molar-refractivity contribution is -0.142. The van der Waals surface area contributed by atoms with Gasteiger partial charge in [-0.15, -0.1) is 23.5 Å². The average Bonchev–Trinajstić information content (AvgIpc) is 3.43. The molecule has 1 aliphatic heterocycles. The Kier molecular flexibility index (Phi) is 18.5. The third kappa shape index (κ3) is 12.9. The third-order valence-electron chi connectivity index (χ3n) is 12.8. The van der Waals surface area contributed by atoms with Crippen molar-refractivity contribution in [3.63, 3.8) is 0 Å². The summed E-state index contributed by atoms with van der Waals surface area (Å²) in [7, 11) is 4.18. The first kappa shape index (κ1) is 54.1. The van der Waals surface area contributed by atoms with E-state index in [9.17, 15) is 38.7 Å². The Morgan fingerprint density at radius 3 is 0.905 bits per heavy atom. The Hall–Kier alpha value is -7.69. The Morgan fingerprint density at radius 2 is 0.662 bits per heavy atom. The standard InChI is InChI=1S/C58H60N6O8S2/c1-62-37-51(66)60-49(40-74-58(44-28-16-7-17-29-44,45-30-18-8-19-31-45)46-32-20-9-21-33-46)56(72)64(3)38-52(67)61-48(55(71)63(2)36-50(65)59-47(54(62)70)34-35-53(68)69)39-73-57(41-22-10-4-11-23-41,42-24-12-5-13-25-42)43-26-14-6-15-27-43/h4-33,47-49H,34-40H2,1-3H3,(H,59,65)(H,60,66)(H,61,67)(H,68,69)/t47-,48-,49-/m0/s1. The van der Waals surface area contributed by atoms with E-state index in [0.29, 0.717) is 0 Å². The largest absolute Gasteiger partial charge is 0.481 e. The molecule has 3 atom stereocenters. The van der Waals surface area contributed by atoms with E-state index in [1.54, 1.807) is 0 Å². The fraction of sp³-hybridized carbons (Fsp3) is 0.259. The van der Waals surface area contributed by atoms with Crippen LogP contribution in [0, 0.1) is 0 Å². The van der Waals surface area contributed by atoms with E-state index in [2.05, 4.69) is 16.0 Å². The number of carbonyl (C=O) groups excluding carboxylic acids is 6. The van der Waals surface area contributed by atoms with Gasteiger partial charge in [-0.05, 0) is 39.8 Å². The normalized spacial score (nSPS) is 17.9. The zero-order chi connectivity index (χ0) is 52.7. The van der Waals surface area contributed by atoms with Crippen LogP contribution in [0.15, 0.2) is 182 Å². The van der Waals surface area contributed by atoms with Crippen LogP contribution in [0.3, 0.4) is 0 Å². The van der Waals surface area contributed by atoms with Crippen LogP contribution >= 0.6 is 23.5 Å². The highest BCUT2D eigenvalue weighted by molar-refractivity contribution is 8.01. The number of carboxylic acids is 1. The number of hydrogen-bond donors (Lipinski definition) is 4. The van der Waals surface area contributed by atoms with Crippen LogP contribution in [0.25, 0.3) is 0 Å². The third-order valence-corrected chi connectivity index (χ3v) is 16.1. The number of benzene rings is 6. The minimum Gasteiger partial charge on any atom is -0.481 e. The van der Waals surface area contributed by atoms with Gasteiger partial charge in [0, 0.05) is 39.1 Å². The molecule has 0 aliphatic carbocycles. The number of likely N-dealkylation sites (N-methyl/N-ethyl adjacent to an activating group) is 3. The van der Waals surface area contributed by atoms with Gasteiger partial charge in [-0.1, -0.05) is 182 Å². The summed E-state index contributed by atoms with van der Waals surface area (Å²) < 4.78 is -1.82. The van der Waals surface area contributed by atoms with Crippen LogP contribution in [0.2, 0.25) is 0 Å². The lowest BCUT2D eigenvalue weighted by Crippen LogP contribution is -2.57. The molecule has 382 valence electrons. The average molecular weight is 1030 g/mol. The molecule has 0 unspecified atom stereocenters. The zero-order valence-electron chi connectivity index (χ0n) is 41.5. The predicted octanol–water partition coefficient (Wildman–Crippen LogP) is 6.15. The molecule has 1 fully saturated rings. The van der Waals surface area contributed by atoms with Gasteiger partial charge >= 0.3 is 5.97 Å². The van der Waals surface area contributed by atoms with Crippen LogP contribution in [0.5, 0.6) is 0 Å². The molecule has 0 aromatic heterocycles. The lowest BCUT2D eigenvalue weighted by atomic mass is 9.84. The van der Waals surface area contributed by atoms with Crippen molar-refractivity contribution >= 4 is 64.9 Å². The Labute approximate surface area is 440 Å². The predicted molar refractivity (Wildman–Crippen MR) is 289 cm³/mol. The van der Waals surface area contributed by atoms with Crippen molar-refractivity contribution in [2.45, 2.75) is 40.5 Å². The second-order valence-electron chi connectivity index (χ2n) is 18.1. The van der Waals surface area contributed by atoms with E-state index in [1.807, 2.05) is 182 Å². The zero-order valence-corrected chi connectivity index (χ0v) is 43.1. The SMILES string of the molecule is CN1CC(=O)N[C@@H](CSC(c2ccccc2)(c2ccccc2)c2ccccc2)C(=O)N(C)CC(=O)N[C@@H](CSC(c2ccccc2)(c2ccccc2)c2ccccc2)C(=O)N(C)CC(=O)N[C@@H](CCC(=O)O)C1=O. The molecule has 6 amide bonds. The summed E-state index contributed by atoms with van der Waals surface area (Å²) in [5.74, 6) is -5.41. The Bertz CT molecular complexity index is 2550. The van der Waals surface area contributed by atoms with Gasteiger partial charge in [0.05, 0.1) is 29.1 Å². The number of rotatable bonds is 15. The first-order valence-corrected chi connectivity index (χ1v) is 26.2. The minimum atomic E-state index is -1.39. The monoisotopic (exact) mass is 1030 g/mol. The maximum Gasteiger partial charge on any atom is 0.303 e. The lowest BCUT2D eigenvalue weighted by Gasteiger charge is -2.37. The molecule has 74 heavy (non-hydrogen) atoms. The molecule has 1 aliphatic rings. The number of aliphatic carboxylic acids is 1. The molecule has 16 heteroatoms. The van der Waals surface area contributed by atoms with Crippen molar-refractivity contribution < 1.29 is 38.7 Å². The number of carbonyl (C=O) groups is 7. The van der Waals surface area contributed by atoms with Crippen LogP contribution in [0.4, 0.5) is 0 Å². The molecule has 1 saturated heterocycles. The van der Waals surface area contributed by atoms with Gasteiger partial charge in [0.1, 0.15) is 18.1 Å². The molecule has 0 spiro atoms. The molecular weight excluding hydrogens is 973 g/mol.